The number of phenolic OH excluding ortho intramolecular Hbond substituents is 1. The van der Waals surface area contributed by atoms with E-state index in [9.17, 15) is 14.7 Å². The highest BCUT2D eigenvalue weighted by atomic mass is 16.4. The molecule has 0 spiro atoms. The molecule has 1 aliphatic heterocycles. The van der Waals surface area contributed by atoms with Gasteiger partial charge in [0.05, 0.1) is 11.5 Å². The van der Waals surface area contributed by atoms with Crippen molar-refractivity contribution in [2.24, 2.45) is 5.92 Å². The van der Waals surface area contributed by atoms with Crippen molar-refractivity contribution in [2.45, 2.75) is 32.7 Å². The van der Waals surface area contributed by atoms with Crippen LogP contribution in [0.15, 0.2) is 18.2 Å². The van der Waals surface area contributed by atoms with Crippen molar-refractivity contribution < 1.29 is 19.8 Å². The summed E-state index contributed by atoms with van der Waals surface area (Å²) in [7, 11) is 0. The van der Waals surface area contributed by atoms with E-state index >= 15 is 0 Å². The highest BCUT2D eigenvalue weighted by molar-refractivity contribution is 5.97. The smallest absolute Gasteiger partial charge is 0.308 e. The predicted octanol–water partition coefficient (Wildman–Crippen LogP) is 2.03. The Kier molecular flexibility index (Phi) is 3.97. The van der Waals surface area contributed by atoms with Crippen LogP contribution < -0.4 is 0 Å². The molecule has 1 aliphatic rings. The van der Waals surface area contributed by atoms with Gasteiger partial charge in [0.2, 0.25) is 0 Å². The van der Waals surface area contributed by atoms with Gasteiger partial charge < -0.3 is 15.1 Å². The molecule has 0 aromatic heterocycles. The van der Waals surface area contributed by atoms with Crippen LogP contribution in [0.4, 0.5) is 0 Å². The molecule has 0 bridgehead atoms. The molecule has 2 N–H and O–H groups in total. The Labute approximate surface area is 117 Å². The number of amides is 1. The molecular formula is C15H19NO4. The number of likely N-dealkylation sites (tertiary alicyclic amines) is 1. The maximum absolute atomic E-state index is 12.5. The lowest BCUT2D eigenvalue weighted by Crippen LogP contribution is -2.47. The van der Waals surface area contributed by atoms with Crippen molar-refractivity contribution in [3.63, 3.8) is 0 Å². The highest BCUT2D eigenvalue weighted by Crippen LogP contribution is 2.27. The minimum Gasteiger partial charge on any atom is -0.507 e. The molecule has 1 aromatic carbocycles. The molecule has 0 aliphatic carbocycles. The van der Waals surface area contributed by atoms with Crippen LogP contribution in [-0.2, 0) is 4.79 Å². The largest absolute Gasteiger partial charge is 0.507 e. The summed E-state index contributed by atoms with van der Waals surface area (Å²) in [6, 6.07) is 4.87. The van der Waals surface area contributed by atoms with Crippen molar-refractivity contribution in [2.75, 3.05) is 6.54 Å². The summed E-state index contributed by atoms with van der Waals surface area (Å²) in [6.45, 7) is 3.93. The number of carboxylic acids is 1. The molecule has 5 nitrogen and oxygen atoms in total. The number of aliphatic carboxylic acids is 1. The molecule has 0 saturated carbocycles. The minimum absolute atomic E-state index is 0.0150. The van der Waals surface area contributed by atoms with Crippen LogP contribution in [0.3, 0.4) is 0 Å². The predicted molar refractivity (Wildman–Crippen MR) is 73.7 cm³/mol. The summed E-state index contributed by atoms with van der Waals surface area (Å²) < 4.78 is 0. The summed E-state index contributed by atoms with van der Waals surface area (Å²) in [5.74, 6) is -1.76. The van der Waals surface area contributed by atoms with Gasteiger partial charge in [0.25, 0.3) is 5.91 Å². The van der Waals surface area contributed by atoms with E-state index in [0.29, 0.717) is 12.8 Å². The Balaban J connectivity index is 2.24. The SMILES string of the molecule is Cc1ccc(C(=O)N2CC(C(=O)O)CCC2C)c(O)c1. The second-order valence-electron chi connectivity index (χ2n) is 5.44. The zero-order valence-corrected chi connectivity index (χ0v) is 11.7. The van der Waals surface area contributed by atoms with Gasteiger partial charge in [-0.05, 0) is 44.4 Å². The molecular weight excluding hydrogens is 258 g/mol. The van der Waals surface area contributed by atoms with E-state index in [1.54, 1.807) is 17.0 Å². The van der Waals surface area contributed by atoms with Gasteiger partial charge in [0, 0.05) is 12.6 Å². The van der Waals surface area contributed by atoms with Crippen LogP contribution in [0.25, 0.3) is 0 Å². The minimum atomic E-state index is -0.872. The number of hydrogen-bond donors (Lipinski definition) is 2. The number of rotatable bonds is 2. The molecule has 5 heteroatoms. The first-order chi connectivity index (χ1) is 9.40. The summed E-state index contributed by atoms with van der Waals surface area (Å²) in [6.07, 6.45) is 1.25. The Morgan fingerprint density at radius 1 is 1.30 bits per heavy atom. The van der Waals surface area contributed by atoms with Crippen LogP contribution in [0.1, 0.15) is 35.7 Å². The molecule has 2 rings (SSSR count). The van der Waals surface area contributed by atoms with Crippen LogP contribution in [-0.4, -0.2) is 39.6 Å². The first kappa shape index (κ1) is 14.4. The van der Waals surface area contributed by atoms with E-state index in [0.717, 1.165) is 5.56 Å². The van der Waals surface area contributed by atoms with Gasteiger partial charge in [-0.25, -0.2) is 0 Å². The number of benzene rings is 1. The van der Waals surface area contributed by atoms with E-state index < -0.39 is 11.9 Å². The van der Waals surface area contributed by atoms with Crippen molar-refractivity contribution in [1.29, 1.82) is 0 Å². The molecule has 1 heterocycles. The van der Waals surface area contributed by atoms with Crippen molar-refractivity contribution in [3.05, 3.63) is 29.3 Å². The lowest BCUT2D eigenvalue weighted by atomic mass is 9.92. The number of hydrogen-bond acceptors (Lipinski definition) is 3. The molecule has 1 saturated heterocycles. The number of carboxylic acid groups (broad SMARTS) is 1. The summed E-state index contributed by atoms with van der Waals surface area (Å²) in [4.78, 5) is 25.1. The highest BCUT2D eigenvalue weighted by Gasteiger charge is 2.33. The molecule has 2 atom stereocenters. The maximum Gasteiger partial charge on any atom is 0.308 e. The molecule has 1 aromatic rings. The van der Waals surface area contributed by atoms with Gasteiger partial charge >= 0.3 is 5.97 Å². The standard InChI is InChI=1S/C15H19NO4/c1-9-3-6-12(13(17)7-9)14(18)16-8-11(15(19)20)5-4-10(16)2/h3,6-7,10-11,17H,4-5,8H2,1-2H3,(H,19,20). The van der Waals surface area contributed by atoms with E-state index in [1.807, 2.05) is 13.8 Å². The van der Waals surface area contributed by atoms with Gasteiger partial charge in [-0.2, -0.15) is 0 Å². The van der Waals surface area contributed by atoms with Gasteiger partial charge in [-0.15, -0.1) is 0 Å². The zero-order chi connectivity index (χ0) is 14.9. The maximum atomic E-state index is 12.5. The lowest BCUT2D eigenvalue weighted by Gasteiger charge is -2.36. The Morgan fingerprint density at radius 3 is 2.60 bits per heavy atom. The van der Waals surface area contributed by atoms with Crippen molar-refractivity contribution >= 4 is 11.9 Å². The van der Waals surface area contributed by atoms with E-state index in [1.165, 1.54) is 6.07 Å². The number of phenols is 1. The number of carbonyl (C=O) groups excluding carboxylic acids is 1. The molecule has 108 valence electrons. The first-order valence-electron chi connectivity index (χ1n) is 6.73. The fraction of sp³-hybridized carbons (Fsp3) is 0.467. The molecule has 2 unspecified atom stereocenters. The second kappa shape index (κ2) is 5.53. The molecule has 20 heavy (non-hydrogen) atoms. The van der Waals surface area contributed by atoms with Gasteiger partial charge in [-0.1, -0.05) is 6.07 Å². The number of carbonyl (C=O) groups is 2. The lowest BCUT2D eigenvalue weighted by molar-refractivity contribution is -0.143. The molecule has 0 radical (unpaired) electrons. The first-order valence-corrected chi connectivity index (χ1v) is 6.73. The Hall–Kier alpha value is -2.04. The van der Waals surface area contributed by atoms with Crippen LogP contribution in [0.2, 0.25) is 0 Å². The fourth-order valence-electron chi connectivity index (χ4n) is 2.57. The third-order valence-electron chi connectivity index (χ3n) is 3.88. The van der Waals surface area contributed by atoms with Crippen molar-refractivity contribution in [3.8, 4) is 5.75 Å². The summed E-state index contributed by atoms with van der Waals surface area (Å²) in [5.41, 5.74) is 1.10. The monoisotopic (exact) mass is 277 g/mol. The molecule has 1 fully saturated rings. The number of piperidine rings is 1. The van der Waals surface area contributed by atoms with Crippen LogP contribution >= 0.6 is 0 Å². The van der Waals surface area contributed by atoms with Gasteiger partial charge in [0.15, 0.2) is 0 Å². The normalized spacial score (nSPS) is 22.6. The fourth-order valence-corrected chi connectivity index (χ4v) is 2.57. The quantitative estimate of drug-likeness (QED) is 0.867. The summed E-state index contributed by atoms with van der Waals surface area (Å²) >= 11 is 0. The topological polar surface area (TPSA) is 77.8 Å². The Bertz CT molecular complexity index is 541. The van der Waals surface area contributed by atoms with Crippen LogP contribution in [0, 0.1) is 12.8 Å². The van der Waals surface area contributed by atoms with Crippen molar-refractivity contribution in [1.82, 2.24) is 4.90 Å². The van der Waals surface area contributed by atoms with Gasteiger partial charge in [-0.3, -0.25) is 9.59 Å². The van der Waals surface area contributed by atoms with E-state index in [2.05, 4.69) is 0 Å². The Morgan fingerprint density at radius 2 is 2.00 bits per heavy atom. The zero-order valence-electron chi connectivity index (χ0n) is 11.7. The third-order valence-corrected chi connectivity index (χ3v) is 3.88. The second-order valence-corrected chi connectivity index (χ2v) is 5.44. The number of aryl methyl sites for hydroxylation is 1. The number of nitrogens with zero attached hydrogens (tertiary/aromatic N) is 1. The number of aromatic hydroxyl groups is 1. The van der Waals surface area contributed by atoms with Gasteiger partial charge in [0.1, 0.15) is 5.75 Å². The van der Waals surface area contributed by atoms with E-state index in [4.69, 9.17) is 5.11 Å². The molecule has 1 amide bonds. The van der Waals surface area contributed by atoms with E-state index in [-0.39, 0.29) is 29.8 Å². The summed E-state index contributed by atoms with van der Waals surface area (Å²) in [5, 5.41) is 19.0. The van der Waals surface area contributed by atoms with Crippen LogP contribution in [0.5, 0.6) is 5.75 Å². The average Bonchev–Trinajstić information content (AvgIpc) is 2.38. The third kappa shape index (κ3) is 2.76. The average molecular weight is 277 g/mol.